The molecule has 0 saturated heterocycles. The smallest absolute Gasteiger partial charge is 0.332 e. The van der Waals surface area contributed by atoms with E-state index in [1.807, 2.05) is 33.7 Å². The molecule has 0 radical (unpaired) electrons. The third-order valence-electron chi connectivity index (χ3n) is 4.69. The summed E-state index contributed by atoms with van der Waals surface area (Å²) in [5.41, 5.74) is 1.13. The molecule has 0 N–H and O–H groups in total. The second-order valence-electron chi connectivity index (χ2n) is 5.95. The number of hydrogen-bond acceptors (Lipinski definition) is 5. The summed E-state index contributed by atoms with van der Waals surface area (Å²) in [7, 11) is 3.27. The van der Waals surface area contributed by atoms with E-state index in [1.54, 1.807) is 21.1 Å². The minimum Gasteiger partial charge on any atom is -0.495 e. The zero-order chi connectivity index (χ0) is 17.7. The van der Waals surface area contributed by atoms with E-state index in [9.17, 15) is 9.59 Å². The van der Waals surface area contributed by atoms with E-state index < -0.39 is 0 Å². The van der Waals surface area contributed by atoms with Gasteiger partial charge in [-0.05, 0) is 19.1 Å². The van der Waals surface area contributed by atoms with E-state index in [4.69, 9.17) is 4.74 Å². The lowest BCUT2D eigenvalue weighted by atomic mass is 10.2. The molecule has 3 heterocycles. The Balaban J connectivity index is 2.00. The Morgan fingerprint density at radius 2 is 1.96 bits per heavy atom. The Hall–Kier alpha value is -3.03. The molecule has 1 aliphatic rings. The van der Waals surface area contributed by atoms with Gasteiger partial charge in [0, 0.05) is 26.7 Å². The number of imidazole rings is 1. The standard InChI is InChI=1S/C17H19N5O3/c1-4-20-15(23)13-14(19(2)17(20)24)18-16-21(9-10-22(13)16)11-7-5-6-8-12(11)25-3/h5-8H,4,9-10H2,1-3H3. The van der Waals surface area contributed by atoms with Crippen LogP contribution in [-0.4, -0.2) is 32.3 Å². The number of fused-ring (bicyclic) bond motifs is 3. The molecule has 1 aromatic carbocycles. The van der Waals surface area contributed by atoms with Crippen LogP contribution in [0.25, 0.3) is 11.2 Å². The highest BCUT2D eigenvalue weighted by molar-refractivity contribution is 5.79. The molecule has 130 valence electrons. The first-order valence-corrected chi connectivity index (χ1v) is 8.19. The van der Waals surface area contributed by atoms with Crippen LogP contribution in [0.1, 0.15) is 6.92 Å². The zero-order valence-corrected chi connectivity index (χ0v) is 14.4. The van der Waals surface area contributed by atoms with Crippen LogP contribution in [-0.2, 0) is 20.1 Å². The molecular formula is C17H19N5O3. The first-order chi connectivity index (χ1) is 12.1. The van der Waals surface area contributed by atoms with Crippen LogP contribution < -0.4 is 20.9 Å². The summed E-state index contributed by atoms with van der Waals surface area (Å²) in [4.78, 5) is 31.7. The lowest BCUT2D eigenvalue weighted by molar-refractivity contribution is 0.415. The van der Waals surface area contributed by atoms with Crippen LogP contribution >= 0.6 is 0 Å². The Labute approximate surface area is 143 Å². The van der Waals surface area contributed by atoms with Crippen molar-refractivity contribution in [2.24, 2.45) is 7.05 Å². The van der Waals surface area contributed by atoms with Gasteiger partial charge in [-0.15, -0.1) is 0 Å². The number of aromatic nitrogens is 4. The summed E-state index contributed by atoms with van der Waals surface area (Å²) in [6.07, 6.45) is 0. The molecule has 8 heteroatoms. The molecule has 1 aliphatic heterocycles. The van der Waals surface area contributed by atoms with Gasteiger partial charge < -0.3 is 14.2 Å². The minimum atomic E-state index is -0.347. The van der Waals surface area contributed by atoms with Crippen LogP contribution in [0, 0.1) is 0 Å². The number of para-hydroxylation sites is 2. The van der Waals surface area contributed by atoms with E-state index >= 15 is 0 Å². The number of methoxy groups -OCH3 is 1. The van der Waals surface area contributed by atoms with Crippen LogP contribution in [0.3, 0.4) is 0 Å². The van der Waals surface area contributed by atoms with Crippen molar-refractivity contribution >= 4 is 22.8 Å². The molecule has 25 heavy (non-hydrogen) atoms. The van der Waals surface area contributed by atoms with Gasteiger partial charge in [0.05, 0.1) is 12.8 Å². The highest BCUT2D eigenvalue weighted by atomic mass is 16.5. The molecule has 0 bridgehead atoms. The molecule has 0 aliphatic carbocycles. The van der Waals surface area contributed by atoms with E-state index in [2.05, 4.69) is 4.98 Å². The fourth-order valence-corrected chi connectivity index (χ4v) is 3.44. The summed E-state index contributed by atoms with van der Waals surface area (Å²) in [5, 5.41) is 0. The summed E-state index contributed by atoms with van der Waals surface area (Å²) in [6.45, 7) is 3.43. The van der Waals surface area contributed by atoms with Gasteiger partial charge in [0.25, 0.3) is 5.56 Å². The van der Waals surface area contributed by atoms with Crippen molar-refractivity contribution in [3.05, 3.63) is 45.1 Å². The number of hydrogen-bond donors (Lipinski definition) is 0. The molecule has 3 aromatic rings. The largest absolute Gasteiger partial charge is 0.495 e. The zero-order valence-electron chi connectivity index (χ0n) is 14.4. The van der Waals surface area contributed by atoms with E-state index in [0.29, 0.717) is 36.7 Å². The van der Waals surface area contributed by atoms with Crippen molar-refractivity contribution in [3.8, 4) is 5.75 Å². The summed E-state index contributed by atoms with van der Waals surface area (Å²) < 4.78 is 10.0. The van der Waals surface area contributed by atoms with Gasteiger partial charge >= 0.3 is 5.69 Å². The predicted octanol–water partition coefficient (Wildman–Crippen LogP) is 1.08. The van der Waals surface area contributed by atoms with Crippen LogP contribution in [0.5, 0.6) is 5.75 Å². The SMILES string of the molecule is CCn1c(=O)c2c(nc3n2CCN3c2ccccc2OC)n(C)c1=O. The number of aryl methyl sites for hydroxylation is 1. The molecule has 0 unspecified atom stereocenters. The topological polar surface area (TPSA) is 74.3 Å². The Morgan fingerprint density at radius 3 is 2.68 bits per heavy atom. The van der Waals surface area contributed by atoms with E-state index in [0.717, 1.165) is 11.4 Å². The number of anilines is 2. The monoisotopic (exact) mass is 341 g/mol. The van der Waals surface area contributed by atoms with Crippen LogP contribution in [0.15, 0.2) is 33.9 Å². The molecule has 4 rings (SSSR count). The first-order valence-electron chi connectivity index (χ1n) is 8.19. The van der Waals surface area contributed by atoms with Crippen LogP contribution in [0.4, 0.5) is 11.6 Å². The summed E-state index contributed by atoms with van der Waals surface area (Å²) >= 11 is 0. The third-order valence-corrected chi connectivity index (χ3v) is 4.69. The lowest BCUT2D eigenvalue weighted by Gasteiger charge is -2.18. The highest BCUT2D eigenvalue weighted by Crippen LogP contribution is 2.36. The molecular weight excluding hydrogens is 322 g/mol. The molecule has 0 fully saturated rings. The molecule has 0 amide bonds. The van der Waals surface area contributed by atoms with Gasteiger partial charge in [0.1, 0.15) is 5.75 Å². The average molecular weight is 341 g/mol. The third kappa shape index (κ3) is 2.03. The number of benzene rings is 1. The fraction of sp³-hybridized carbons (Fsp3) is 0.353. The second-order valence-corrected chi connectivity index (χ2v) is 5.95. The Morgan fingerprint density at radius 1 is 1.20 bits per heavy atom. The van der Waals surface area contributed by atoms with Crippen molar-refractivity contribution in [1.82, 2.24) is 18.7 Å². The molecule has 8 nitrogen and oxygen atoms in total. The molecule has 0 atom stereocenters. The Bertz CT molecular complexity index is 1090. The molecule has 0 saturated carbocycles. The fourth-order valence-electron chi connectivity index (χ4n) is 3.44. The first kappa shape index (κ1) is 15.5. The second kappa shape index (κ2) is 5.51. The molecule has 0 spiro atoms. The van der Waals surface area contributed by atoms with Crippen LogP contribution in [0.2, 0.25) is 0 Å². The number of ether oxygens (including phenoxy) is 1. The average Bonchev–Trinajstić information content (AvgIpc) is 3.19. The summed E-state index contributed by atoms with van der Waals surface area (Å²) in [5.74, 6) is 1.39. The van der Waals surface area contributed by atoms with Crippen molar-refractivity contribution in [2.45, 2.75) is 20.0 Å². The van der Waals surface area contributed by atoms with Crippen molar-refractivity contribution < 1.29 is 4.74 Å². The maximum atomic E-state index is 12.8. The maximum Gasteiger partial charge on any atom is 0.332 e. The highest BCUT2D eigenvalue weighted by Gasteiger charge is 2.29. The van der Waals surface area contributed by atoms with Gasteiger partial charge in [-0.1, -0.05) is 12.1 Å². The minimum absolute atomic E-state index is 0.291. The number of rotatable bonds is 3. The molecule has 2 aromatic heterocycles. The van der Waals surface area contributed by atoms with Crippen molar-refractivity contribution in [2.75, 3.05) is 18.6 Å². The predicted molar refractivity (Wildman–Crippen MR) is 94.9 cm³/mol. The van der Waals surface area contributed by atoms with Crippen molar-refractivity contribution in [3.63, 3.8) is 0 Å². The van der Waals surface area contributed by atoms with Gasteiger partial charge in [-0.2, -0.15) is 4.98 Å². The summed E-state index contributed by atoms with van der Waals surface area (Å²) in [6, 6.07) is 7.69. The lowest BCUT2D eigenvalue weighted by Crippen LogP contribution is -2.39. The van der Waals surface area contributed by atoms with Gasteiger partial charge in [-0.3, -0.25) is 13.9 Å². The normalized spacial score (nSPS) is 13.5. The number of nitrogens with zero attached hydrogens (tertiary/aromatic N) is 5. The van der Waals surface area contributed by atoms with E-state index in [-0.39, 0.29) is 11.2 Å². The maximum absolute atomic E-state index is 12.8. The Kier molecular flexibility index (Phi) is 3.41. The van der Waals surface area contributed by atoms with Crippen molar-refractivity contribution in [1.29, 1.82) is 0 Å². The van der Waals surface area contributed by atoms with Gasteiger partial charge in [-0.25, -0.2) is 4.79 Å². The quantitative estimate of drug-likeness (QED) is 0.713. The van der Waals surface area contributed by atoms with Gasteiger partial charge in [0.2, 0.25) is 5.95 Å². The van der Waals surface area contributed by atoms with E-state index in [1.165, 1.54) is 9.13 Å². The van der Waals surface area contributed by atoms with Gasteiger partial charge in [0.15, 0.2) is 11.2 Å².